The quantitative estimate of drug-likeness (QED) is 0.298. The monoisotopic (exact) mass is 462 g/mol. The van der Waals surface area contributed by atoms with Gasteiger partial charge >= 0.3 is 6.03 Å². The molecule has 4 rings (SSSR count). The zero-order valence-electron chi connectivity index (χ0n) is 20.1. The molecule has 0 heterocycles. The third kappa shape index (κ3) is 6.18. The van der Waals surface area contributed by atoms with E-state index in [0.717, 1.165) is 33.7 Å². The summed E-state index contributed by atoms with van der Waals surface area (Å²) in [6, 6.07) is 35.5. The molecule has 0 atom stereocenters. The fourth-order valence-electron chi connectivity index (χ4n) is 4.14. The lowest BCUT2D eigenvalue weighted by Crippen LogP contribution is -2.39. The summed E-state index contributed by atoms with van der Waals surface area (Å²) in [6.45, 7) is 2.42. The summed E-state index contributed by atoms with van der Waals surface area (Å²) in [7, 11) is 1.66. The van der Waals surface area contributed by atoms with Gasteiger partial charge in [-0.1, -0.05) is 103 Å². The smallest absolute Gasteiger partial charge is 0.322 e. The molecule has 4 heteroatoms. The summed E-state index contributed by atoms with van der Waals surface area (Å²) in [4.78, 5) is 15.6. The normalized spacial score (nSPS) is 10.9. The van der Waals surface area contributed by atoms with E-state index in [9.17, 15) is 4.79 Å². The summed E-state index contributed by atoms with van der Waals surface area (Å²) in [5.41, 5.74) is 4.92. The van der Waals surface area contributed by atoms with E-state index in [-0.39, 0.29) is 12.1 Å². The van der Waals surface area contributed by atoms with Gasteiger partial charge in [0.25, 0.3) is 0 Å². The van der Waals surface area contributed by atoms with Crippen molar-refractivity contribution in [3.05, 3.63) is 138 Å². The number of hydrogen-bond donors (Lipinski definition) is 1. The first kappa shape index (κ1) is 23.8. The molecule has 4 aromatic carbocycles. The number of anilines is 1. The summed E-state index contributed by atoms with van der Waals surface area (Å²) in [6.07, 6.45) is 4.01. The number of hydrogen-bond acceptors (Lipinski definition) is 2. The Morgan fingerprint density at radius 1 is 0.857 bits per heavy atom. The number of nitrogens with one attached hydrogen (secondary N) is 1. The molecule has 4 aromatic rings. The van der Waals surface area contributed by atoms with Crippen LogP contribution in [0.5, 0.6) is 5.75 Å². The van der Waals surface area contributed by atoms with Crippen LogP contribution in [0.4, 0.5) is 10.5 Å². The number of urea groups is 1. The number of carbonyl (C=O) groups excluding carboxylic acids is 1. The van der Waals surface area contributed by atoms with Gasteiger partial charge in [-0.05, 0) is 41.8 Å². The predicted octanol–water partition coefficient (Wildman–Crippen LogP) is 7.34. The van der Waals surface area contributed by atoms with Crippen LogP contribution in [0.15, 0.2) is 115 Å². The molecule has 4 nitrogen and oxygen atoms in total. The minimum absolute atomic E-state index is 0.169. The van der Waals surface area contributed by atoms with Gasteiger partial charge < -0.3 is 15.0 Å². The molecule has 1 N–H and O–H groups in total. The SMILES string of the molecule is COc1ccccc1/C=C/CN(C(=O)Nc1cccc(C)c1)C(c1ccccc1)c1ccccc1. The van der Waals surface area contributed by atoms with Crippen LogP contribution in [0.2, 0.25) is 0 Å². The highest BCUT2D eigenvalue weighted by Crippen LogP contribution is 2.30. The third-order valence-corrected chi connectivity index (χ3v) is 5.81. The maximum absolute atomic E-state index is 13.7. The number of para-hydroxylation sites is 1. The molecule has 2 amide bonds. The average molecular weight is 463 g/mol. The van der Waals surface area contributed by atoms with E-state index in [1.807, 2.05) is 109 Å². The highest BCUT2D eigenvalue weighted by atomic mass is 16.5. The van der Waals surface area contributed by atoms with Gasteiger partial charge in [0.15, 0.2) is 0 Å². The number of rotatable bonds is 8. The van der Waals surface area contributed by atoms with Crippen LogP contribution in [0.25, 0.3) is 6.08 Å². The van der Waals surface area contributed by atoms with E-state index >= 15 is 0 Å². The van der Waals surface area contributed by atoms with Crippen molar-refractivity contribution in [2.75, 3.05) is 19.0 Å². The zero-order valence-corrected chi connectivity index (χ0v) is 20.1. The van der Waals surface area contributed by atoms with E-state index in [0.29, 0.717) is 6.54 Å². The molecule has 0 fully saturated rings. The second-order valence-corrected chi connectivity index (χ2v) is 8.32. The summed E-state index contributed by atoms with van der Waals surface area (Å²) >= 11 is 0. The molecule has 0 saturated heterocycles. The van der Waals surface area contributed by atoms with Crippen molar-refractivity contribution in [1.29, 1.82) is 0 Å². The molecule has 0 aliphatic heterocycles. The van der Waals surface area contributed by atoms with Gasteiger partial charge in [0.1, 0.15) is 5.75 Å². The van der Waals surface area contributed by atoms with Crippen LogP contribution in [-0.2, 0) is 0 Å². The van der Waals surface area contributed by atoms with Crippen LogP contribution >= 0.6 is 0 Å². The van der Waals surface area contributed by atoms with Crippen LogP contribution in [0.3, 0.4) is 0 Å². The molecule has 0 aromatic heterocycles. The van der Waals surface area contributed by atoms with Gasteiger partial charge in [0.2, 0.25) is 0 Å². The number of amides is 2. The number of nitrogens with zero attached hydrogens (tertiary/aromatic N) is 1. The molecule has 35 heavy (non-hydrogen) atoms. The Balaban J connectivity index is 1.71. The van der Waals surface area contributed by atoms with Crippen molar-refractivity contribution in [3.63, 3.8) is 0 Å². The van der Waals surface area contributed by atoms with Crippen LogP contribution < -0.4 is 10.1 Å². The molecular formula is C31H30N2O2. The average Bonchev–Trinajstić information content (AvgIpc) is 2.89. The Kier molecular flexibility index (Phi) is 7.97. The molecule has 176 valence electrons. The van der Waals surface area contributed by atoms with Crippen LogP contribution in [0, 0.1) is 6.92 Å². The van der Waals surface area contributed by atoms with E-state index in [1.54, 1.807) is 7.11 Å². The van der Waals surface area contributed by atoms with E-state index in [2.05, 4.69) is 29.6 Å². The second kappa shape index (κ2) is 11.7. The number of carbonyl (C=O) groups is 1. The standard InChI is InChI=1S/C31H30N2O2/c1-24-13-11-20-28(23-24)32-31(34)33(22-12-19-25-14-9-10-21-29(25)35-2)30(26-15-5-3-6-16-26)27-17-7-4-8-18-27/h3-21,23,30H,22H2,1-2H3,(H,32,34)/b19-12+. The van der Waals surface area contributed by atoms with Crippen LogP contribution in [0.1, 0.15) is 28.3 Å². The van der Waals surface area contributed by atoms with Crippen molar-refractivity contribution in [2.24, 2.45) is 0 Å². The first-order valence-corrected chi connectivity index (χ1v) is 11.7. The Morgan fingerprint density at radius 2 is 1.49 bits per heavy atom. The number of ether oxygens (including phenoxy) is 1. The Hall–Kier alpha value is -4.31. The maximum Gasteiger partial charge on any atom is 0.322 e. The Bertz CT molecular complexity index is 1230. The minimum Gasteiger partial charge on any atom is -0.496 e. The molecule has 0 aliphatic carbocycles. The third-order valence-electron chi connectivity index (χ3n) is 5.81. The highest BCUT2D eigenvalue weighted by molar-refractivity contribution is 5.90. The van der Waals surface area contributed by atoms with E-state index < -0.39 is 0 Å². The zero-order chi connectivity index (χ0) is 24.5. The molecule has 0 saturated carbocycles. The van der Waals surface area contributed by atoms with Crippen molar-refractivity contribution < 1.29 is 9.53 Å². The topological polar surface area (TPSA) is 41.6 Å². The minimum atomic E-state index is -0.260. The van der Waals surface area contributed by atoms with Gasteiger partial charge in [-0.2, -0.15) is 0 Å². The fraction of sp³-hybridized carbons (Fsp3) is 0.129. The van der Waals surface area contributed by atoms with Crippen molar-refractivity contribution >= 4 is 17.8 Å². The van der Waals surface area contributed by atoms with Crippen molar-refractivity contribution in [3.8, 4) is 5.75 Å². The fourth-order valence-corrected chi connectivity index (χ4v) is 4.14. The highest BCUT2D eigenvalue weighted by Gasteiger charge is 2.26. The molecular weight excluding hydrogens is 432 g/mol. The Labute approximate surface area is 207 Å². The van der Waals surface area contributed by atoms with Gasteiger partial charge in [-0.15, -0.1) is 0 Å². The van der Waals surface area contributed by atoms with Crippen LogP contribution in [-0.4, -0.2) is 24.6 Å². The molecule has 0 unspecified atom stereocenters. The largest absolute Gasteiger partial charge is 0.496 e. The Morgan fingerprint density at radius 3 is 2.11 bits per heavy atom. The predicted molar refractivity (Wildman–Crippen MR) is 144 cm³/mol. The van der Waals surface area contributed by atoms with E-state index in [4.69, 9.17) is 4.74 Å². The summed E-state index contributed by atoms with van der Waals surface area (Å²) < 4.78 is 5.48. The van der Waals surface area contributed by atoms with Gasteiger partial charge in [0.05, 0.1) is 13.2 Å². The van der Waals surface area contributed by atoms with Gasteiger partial charge in [-0.25, -0.2) is 4.79 Å². The first-order valence-electron chi connectivity index (χ1n) is 11.7. The molecule has 0 radical (unpaired) electrons. The van der Waals surface area contributed by atoms with Crippen molar-refractivity contribution in [1.82, 2.24) is 4.90 Å². The summed E-state index contributed by atoms with van der Waals surface area (Å²) in [5.74, 6) is 0.794. The van der Waals surface area contributed by atoms with E-state index in [1.165, 1.54) is 0 Å². The number of aryl methyl sites for hydroxylation is 1. The second-order valence-electron chi connectivity index (χ2n) is 8.32. The molecule has 0 bridgehead atoms. The lowest BCUT2D eigenvalue weighted by molar-refractivity contribution is 0.205. The van der Waals surface area contributed by atoms with Gasteiger partial charge in [0, 0.05) is 17.8 Å². The van der Waals surface area contributed by atoms with Gasteiger partial charge in [-0.3, -0.25) is 0 Å². The summed E-state index contributed by atoms with van der Waals surface area (Å²) in [5, 5.41) is 3.10. The molecule has 0 aliphatic rings. The molecule has 0 spiro atoms. The van der Waals surface area contributed by atoms with Crippen molar-refractivity contribution in [2.45, 2.75) is 13.0 Å². The number of benzene rings is 4. The maximum atomic E-state index is 13.7. The first-order chi connectivity index (χ1) is 17.2. The lowest BCUT2D eigenvalue weighted by atomic mass is 9.97. The number of methoxy groups -OCH3 is 1. The lowest BCUT2D eigenvalue weighted by Gasteiger charge is -2.32.